The minimum Gasteiger partial charge on any atom is -0.310 e. The molecule has 0 saturated carbocycles. The average Bonchev–Trinajstić information content (AvgIpc) is 2.46. The van der Waals surface area contributed by atoms with E-state index in [2.05, 4.69) is 55.4 Å². The van der Waals surface area contributed by atoms with E-state index in [0.717, 1.165) is 18.6 Å². The van der Waals surface area contributed by atoms with Crippen molar-refractivity contribution in [1.29, 1.82) is 0 Å². The maximum atomic E-state index is 3.81. The van der Waals surface area contributed by atoms with Gasteiger partial charge < -0.3 is 10.2 Å². The molecule has 0 amide bonds. The Hall–Kier alpha value is -0.860. The van der Waals surface area contributed by atoms with Gasteiger partial charge in [0.05, 0.1) is 0 Å². The molecule has 1 aromatic carbocycles. The number of benzene rings is 1. The molecular formula is C19H30N2. The van der Waals surface area contributed by atoms with Crippen molar-refractivity contribution in [3.63, 3.8) is 0 Å². The summed E-state index contributed by atoms with van der Waals surface area (Å²) in [6, 6.07) is 11.5. The molecule has 0 aliphatic carbocycles. The van der Waals surface area contributed by atoms with Gasteiger partial charge in [-0.2, -0.15) is 0 Å². The quantitative estimate of drug-likeness (QED) is 0.902. The molecule has 2 saturated heterocycles. The average molecular weight is 286 g/mol. The summed E-state index contributed by atoms with van der Waals surface area (Å²) in [5.41, 5.74) is 2.86. The molecule has 2 aliphatic heterocycles. The van der Waals surface area contributed by atoms with Crippen molar-refractivity contribution in [1.82, 2.24) is 10.2 Å². The van der Waals surface area contributed by atoms with Crippen molar-refractivity contribution in [3.8, 4) is 0 Å². The zero-order valence-corrected chi connectivity index (χ0v) is 13.8. The van der Waals surface area contributed by atoms with Crippen LogP contribution in [0.15, 0.2) is 24.3 Å². The molecule has 21 heavy (non-hydrogen) atoms. The first kappa shape index (κ1) is 15.1. The van der Waals surface area contributed by atoms with Crippen molar-refractivity contribution in [2.75, 3.05) is 7.05 Å². The molecule has 1 N–H and O–H groups in total. The minimum atomic E-state index is 0.625. The SMILES string of the molecule is CC(C)c1ccc(CNC2CC3CCCC(C2)N3C)cc1. The van der Waals surface area contributed by atoms with E-state index in [-0.39, 0.29) is 0 Å². The summed E-state index contributed by atoms with van der Waals surface area (Å²) in [5, 5.41) is 3.81. The van der Waals surface area contributed by atoms with Gasteiger partial charge in [-0.05, 0) is 49.8 Å². The molecule has 116 valence electrons. The van der Waals surface area contributed by atoms with Crippen LogP contribution in [0.3, 0.4) is 0 Å². The first-order valence-electron chi connectivity index (χ1n) is 8.67. The fourth-order valence-corrected chi connectivity index (χ4v) is 4.07. The van der Waals surface area contributed by atoms with Gasteiger partial charge in [-0.1, -0.05) is 44.5 Å². The Labute approximate surface area is 129 Å². The van der Waals surface area contributed by atoms with Gasteiger partial charge in [0.2, 0.25) is 0 Å². The number of hydrogen-bond donors (Lipinski definition) is 1. The zero-order valence-electron chi connectivity index (χ0n) is 13.8. The summed E-state index contributed by atoms with van der Waals surface area (Å²) in [4.78, 5) is 2.64. The predicted molar refractivity (Wildman–Crippen MR) is 89.6 cm³/mol. The van der Waals surface area contributed by atoms with Crippen molar-refractivity contribution >= 4 is 0 Å². The largest absolute Gasteiger partial charge is 0.310 e. The summed E-state index contributed by atoms with van der Waals surface area (Å²) in [6.07, 6.45) is 6.89. The second kappa shape index (κ2) is 6.50. The van der Waals surface area contributed by atoms with E-state index in [1.54, 1.807) is 0 Å². The molecule has 1 aromatic rings. The van der Waals surface area contributed by atoms with Crippen molar-refractivity contribution in [2.45, 2.75) is 76.5 Å². The van der Waals surface area contributed by atoms with Crippen LogP contribution >= 0.6 is 0 Å². The molecular weight excluding hydrogens is 256 g/mol. The lowest BCUT2D eigenvalue weighted by Crippen LogP contribution is -2.54. The predicted octanol–water partition coefficient (Wildman–Crippen LogP) is 3.91. The number of hydrogen-bond acceptors (Lipinski definition) is 2. The molecule has 2 bridgehead atoms. The minimum absolute atomic E-state index is 0.625. The summed E-state index contributed by atoms with van der Waals surface area (Å²) < 4.78 is 0. The van der Waals surface area contributed by atoms with Crippen molar-refractivity contribution < 1.29 is 0 Å². The topological polar surface area (TPSA) is 15.3 Å². The molecule has 0 aromatic heterocycles. The van der Waals surface area contributed by atoms with E-state index in [1.165, 1.54) is 43.2 Å². The van der Waals surface area contributed by atoms with E-state index < -0.39 is 0 Å². The highest BCUT2D eigenvalue weighted by atomic mass is 15.2. The number of nitrogens with one attached hydrogen (secondary N) is 1. The van der Waals surface area contributed by atoms with Gasteiger partial charge >= 0.3 is 0 Å². The number of fused-ring (bicyclic) bond motifs is 2. The van der Waals surface area contributed by atoms with Crippen LogP contribution in [0.4, 0.5) is 0 Å². The van der Waals surface area contributed by atoms with Crippen LogP contribution < -0.4 is 5.32 Å². The van der Waals surface area contributed by atoms with Gasteiger partial charge in [-0.15, -0.1) is 0 Å². The Morgan fingerprint density at radius 3 is 2.29 bits per heavy atom. The van der Waals surface area contributed by atoms with Gasteiger partial charge in [0.25, 0.3) is 0 Å². The number of rotatable bonds is 4. The standard InChI is InChI=1S/C19H30N2/c1-14(2)16-9-7-15(8-10-16)13-20-17-11-18-5-4-6-19(12-17)21(18)3/h7-10,14,17-20H,4-6,11-13H2,1-3H3. The maximum absolute atomic E-state index is 3.81. The lowest BCUT2D eigenvalue weighted by atomic mass is 9.82. The molecule has 2 aliphatic rings. The van der Waals surface area contributed by atoms with Gasteiger partial charge in [-0.25, -0.2) is 0 Å². The maximum Gasteiger partial charge on any atom is 0.0208 e. The van der Waals surface area contributed by atoms with E-state index in [0.29, 0.717) is 12.0 Å². The van der Waals surface area contributed by atoms with Crippen molar-refractivity contribution in [2.24, 2.45) is 0 Å². The number of nitrogens with zero attached hydrogens (tertiary/aromatic N) is 1. The van der Waals surface area contributed by atoms with E-state index in [9.17, 15) is 0 Å². The Morgan fingerprint density at radius 1 is 1.10 bits per heavy atom. The van der Waals surface area contributed by atoms with Gasteiger partial charge in [-0.3, -0.25) is 0 Å². The van der Waals surface area contributed by atoms with Crippen LogP contribution in [-0.4, -0.2) is 30.1 Å². The van der Waals surface area contributed by atoms with Crippen molar-refractivity contribution in [3.05, 3.63) is 35.4 Å². The lowest BCUT2D eigenvalue weighted by molar-refractivity contribution is 0.0482. The van der Waals surface area contributed by atoms with Crippen LogP contribution in [0.5, 0.6) is 0 Å². The molecule has 2 unspecified atom stereocenters. The summed E-state index contributed by atoms with van der Waals surface area (Å²) in [7, 11) is 2.33. The third-order valence-corrected chi connectivity index (χ3v) is 5.58. The van der Waals surface area contributed by atoms with E-state index in [4.69, 9.17) is 0 Å². The summed E-state index contributed by atoms with van der Waals surface area (Å²) in [6.45, 7) is 5.53. The molecule has 2 heteroatoms. The molecule has 2 nitrogen and oxygen atoms in total. The fraction of sp³-hybridized carbons (Fsp3) is 0.684. The second-order valence-corrected chi connectivity index (χ2v) is 7.35. The molecule has 2 fully saturated rings. The van der Waals surface area contributed by atoms with Crippen LogP contribution in [-0.2, 0) is 6.54 Å². The molecule has 2 heterocycles. The highest BCUT2D eigenvalue weighted by molar-refractivity contribution is 5.24. The molecule has 3 rings (SSSR count). The lowest BCUT2D eigenvalue weighted by Gasteiger charge is -2.47. The van der Waals surface area contributed by atoms with Crippen LogP contribution in [0.25, 0.3) is 0 Å². The third kappa shape index (κ3) is 3.49. The van der Waals surface area contributed by atoms with Gasteiger partial charge in [0.1, 0.15) is 0 Å². The van der Waals surface area contributed by atoms with Crippen LogP contribution in [0.2, 0.25) is 0 Å². The summed E-state index contributed by atoms with van der Waals surface area (Å²) in [5.74, 6) is 0.625. The monoisotopic (exact) mass is 286 g/mol. The first-order chi connectivity index (χ1) is 10.1. The molecule has 0 radical (unpaired) electrons. The highest BCUT2D eigenvalue weighted by Gasteiger charge is 2.35. The molecule has 2 atom stereocenters. The van der Waals surface area contributed by atoms with E-state index >= 15 is 0 Å². The highest BCUT2D eigenvalue weighted by Crippen LogP contribution is 2.32. The normalized spacial score (nSPS) is 29.8. The zero-order chi connectivity index (χ0) is 14.8. The Balaban J connectivity index is 1.53. The smallest absolute Gasteiger partial charge is 0.0208 e. The van der Waals surface area contributed by atoms with Gasteiger partial charge in [0, 0.05) is 24.7 Å². The Morgan fingerprint density at radius 2 is 1.71 bits per heavy atom. The van der Waals surface area contributed by atoms with Crippen LogP contribution in [0.1, 0.15) is 63.0 Å². The van der Waals surface area contributed by atoms with Gasteiger partial charge in [0.15, 0.2) is 0 Å². The second-order valence-electron chi connectivity index (χ2n) is 7.35. The van der Waals surface area contributed by atoms with E-state index in [1.807, 2.05) is 0 Å². The third-order valence-electron chi connectivity index (χ3n) is 5.58. The molecule has 0 spiro atoms. The Kier molecular flexibility index (Phi) is 4.66. The Bertz CT molecular complexity index is 437. The first-order valence-corrected chi connectivity index (χ1v) is 8.67. The fourth-order valence-electron chi connectivity index (χ4n) is 4.07. The van der Waals surface area contributed by atoms with Crippen LogP contribution in [0, 0.1) is 0 Å². The summed E-state index contributed by atoms with van der Waals surface area (Å²) >= 11 is 0. The number of piperidine rings is 2.